The molecule has 29 heavy (non-hydrogen) atoms. The van der Waals surface area contributed by atoms with Crippen LogP contribution < -0.4 is 5.73 Å². The lowest BCUT2D eigenvalue weighted by molar-refractivity contribution is -0.130. The van der Waals surface area contributed by atoms with Crippen LogP contribution in [-0.2, 0) is 4.79 Å². The highest BCUT2D eigenvalue weighted by atomic mass is 16.2. The number of piperazine rings is 1. The molecule has 1 saturated heterocycles. The zero-order chi connectivity index (χ0) is 20.5. The minimum absolute atomic E-state index is 0.0341. The molecule has 1 aliphatic heterocycles. The number of imidazole rings is 1. The standard InChI is InChI=1S/C21H21N5O3/c1-13(27)25-9-11-26(12-10-25)21(29)15-7-5-14(6-8-15)20-23-17-4-2-3-16(19(22)28)18(17)24-20/h2-8H,9-12H2,1H3,(H2,22,28)(H,23,24). The zero-order valence-corrected chi connectivity index (χ0v) is 16.0. The summed E-state index contributed by atoms with van der Waals surface area (Å²) in [7, 11) is 0. The Labute approximate surface area is 167 Å². The van der Waals surface area contributed by atoms with E-state index >= 15 is 0 Å². The van der Waals surface area contributed by atoms with Crippen LogP contribution in [0.25, 0.3) is 22.4 Å². The fourth-order valence-electron chi connectivity index (χ4n) is 3.55. The summed E-state index contributed by atoms with van der Waals surface area (Å²) in [6.07, 6.45) is 0. The smallest absolute Gasteiger partial charge is 0.253 e. The number of fused-ring (bicyclic) bond motifs is 1. The molecular formula is C21H21N5O3. The number of aromatic amines is 1. The van der Waals surface area contributed by atoms with Gasteiger partial charge in [0.2, 0.25) is 5.91 Å². The van der Waals surface area contributed by atoms with Gasteiger partial charge in [0.1, 0.15) is 11.3 Å². The SMILES string of the molecule is CC(=O)N1CCN(C(=O)c2ccc(-c3nc4c(C(N)=O)cccc4[nH]3)cc2)CC1. The molecule has 0 unspecified atom stereocenters. The average molecular weight is 391 g/mol. The summed E-state index contributed by atoms with van der Waals surface area (Å²) < 4.78 is 0. The van der Waals surface area contributed by atoms with Crippen LogP contribution in [0.4, 0.5) is 0 Å². The topological polar surface area (TPSA) is 112 Å². The Morgan fingerprint density at radius 1 is 0.966 bits per heavy atom. The fraction of sp³-hybridized carbons (Fsp3) is 0.238. The van der Waals surface area contributed by atoms with Gasteiger partial charge in [-0.1, -0.05) is 18.2 Å². The van der Waals surface area contributed by atoms with Crippen LogP contribution in [0.1, 0.15) is 27.6 Å². The van der Waals surface area contributed by atoms with Gasteiger partial charge >= 0.3 is 0 Å². The molecule has 3 amide bonds. The second-order valence-corrected chi connectivity index (χ2v) is 7.03. The number of carbonyl (C=O) groups is 3. The van der Waals surface area contributed by atoms with E-state index < -0.39 is 5.91 Å². The molecule has 3 aromatic rings. The van der Waals surface area contributed by atoms with Gasteiger partial charge in [0.15, 0.2) is 0 Å². The predicted octanol–water partition coefficient (Wildman–Crippen LogP) is 1.63. The lowest BCUT2D eigenvalue weighted by Gasteiger charge is -2.34. The van der Waals surface area contributed by atoms with Crippen LogP contribution in [0, 0.1) is 0 Å². The number of aromatic nitrogens is 2. The Morgan fingerprint density at radius 3 is 2.24 bits per heavy atom. The van der Waals surface area contributed by atoms with Gasteiger partial charge in [0.05, 0.1) is 11.1 Å². The Hall–Kier alpha value is -3.68. The van der Waals surface area contributed by atoms with E-state index in [1.807, 2.05) is 18.2 Å². The first-order valence-corrected chi connectivity index (χ1v) is 9.38. The van der Waals surface area contributed by atoms with Crippen molar-refractivity contribution in [2.24, 2.45) is 5.73 Å². The third-order valence-corrected chi connectivity index (χ3v) is 5.20. The number of nitrogens with one attached hydrogen (secondary N) is 1. The van der Waals surface area contributed by atoms with Crippen LogP contribution in [0.5, 0.6) is 0 Å². The summed E-state index contributed by atoms with van der Waals surface area (Å²) in [5.74, 6) is 0.0504. The maximum atomic E-state index is 12.7. The van der Waals surface area contributed by atoms with Gasteiger partial charge in [-0.2, -0.15) is 0 Å². The highest BCUT2D eigenvalue weighted by Gasteiger charge is 2.23. The van der Waals surface area contributed by atoms with Crippen molar-refractivity contribution in [3.8, 4) is 11.4 Å². The van der Waals surface area contributed by atoms with Gasteiger partial charge in [-0.25, -0.2) is 4.98 Å². The second-order valence-electron chi connectivity index (χ2n) is 7.03. The van der Waals surface area contributed by atoms with Gasteiger partial charge in [-0.15, -0.1) is 0 Å². The number of nitrogens with zero attached hydrogens (tertiary/aromatic N) is 3. The van der Waals surface area contributed by atoms with Crippen LogP contribution in [0.15, 0.2) is 42.5 Å². The number of hydrogen-bond donors (Lipinski definition) is 2. The van der Waals surface area contributed by atoms with E-state index in [0.717, 1.165) is 11.1 Å². The van der Waals surface area contributed by atoms with Crippen molar-refractivity contribution in [1.29, 1.82) is 0 Å². The minimum Gasteiger partial charge on any atom is -0.366 e. The molecule has 0 atom stereocenters. The summed E-state index contributed by atoms with van der Waals surface area (Å²) in [5.41, 5.74) is 8.41. The van der Waals surface area contributed by atoms with E-state index in [9.17, 15) is 14.4 Å². The van der Waals surface area contributed by atoms with E-state index in [-0.39, 0.29) is 11.8 Å². The largest absolute Gasteiger partial charge is 0.366 e. The summed E-state index contributed by atoms with van der Waals surface area (Å²) >= 11 is 0. The number of nitrogens with two attached hydrogens (primary N) is 1. The lowest BCUT2D eigenvalue weighted by atomic mass is 10.1. The van der Waals surface area contributed by atoms with Crippen LogP contribution in [0.3, 0.4) is 0 Å². The van der Waals surface area contributed by atoms with Gasteiger partial charge in [-0.05, 0) is 24.3 Å². The third-order valence-electron chi connectivity index (χ3n) is 5.20. The molecule has 1 fully saturated rings. The number of benzene rings is 2. The zero-order valence-electron chi connectivity index (χ0n) is 16.0. The van der Waals surface area contributed by atoms with Crippen molar-refractivity contribution in [3.05, 3.63) is 53.6 Å². The van der Waals surface area contributed by atoms with E-state index in [2.05, 4.69) is 9.97 Å². The highest BCUT2D eigenvalue weighted by molar-refractivity contribution is 6.04. The van der Waals surface area contributed by atoms with Gasteiger partial charge < -0.3 is 20.5 Å². The molecule has 0 spiro atoms. The molecule has 2 aromatic carbocycles. The van der Waals surface area contributed by atoms with Crippen molar-refractivity contribution < 1.29 is 14.4 Å². The van der Waals surface area contributed by atoms with Crippen LogP contribution in [0.2, 0.25) is 0 Å². The summed E-state index contributed by atoms with van der Waals surface area (Å²) in [6, 6.07) is 12.4. The summed E-state index contributed by atoms with van der Waals surface area (Å²) in [6.45, 7) is 3.71. The number of primary amides is 1. The van der Waals surface area contributed by atoms with Crippen LogP contribution >= 0.6 is 0 Å². The second kappa shape index (κ2) is 7.38. The third kappa shape index (κ3) is 3.56. The first-order chi connectivity index (χ1) is 13.9. The molecule has 0 saturated carbocycles. The average Bonchev–Trinajstić information content (AvgIpc) is 3.17. The molecule has 8 heteroatoms. The Kier molecular flexibility index (Phi) is 4.75. The van der Waals surface area contributed by atoms with E-state index in [1.54, 1.807) is 41.0 Å². The Balaban J connectivity index is 1.53. The maximum Gasteiger partial charge on any atom is 0.253 e. The van der Waals surface area contributed by atoms with Gasteiger partial charge in [0, 0.05) is 44.2 Å². The number of para-hydroxylation sites is 1. The number of rotatable bonds is 3. The Bertz CT molecular complexity index is 1100. The molecule has 0 bridgehead atoms. The quantitative estimate of drug-likeness (QED) is 0.707. The molecule has 2 heterocycles. The number of amides is 3. The molecule has 8 nitrogen and oxygen atoms in total. The molecule has 3 N–H and O–H groups in total. The van der Waals surface area contributed by atoms with Crippen LogP contribution in [-0.4, -0.2) is 63.7 Å². The van der Waals surface area contributed by atoms with Crippen molar-refractivity contribution >= 4 is 28.8 Å². The molecule has 0 radical (unpaired) electrons. The van der Waals surface area contributed by atoms with E-state index in [0.29, 0.717) is 48.6 Å². The Morgan fingerprint density at radius 2 is 1.62 bits per heavy atom. The first-order valence-electron chi connectivity index (χ1n) is 9.38. The fourth-order valence-corrected chi connectivity index (χ4v) is 3.55. The molecule has 4 rings (SSSR count). The minimum atomic E-state index is -0.528. The van der Waals surface area contributed by atoms with Crippen molar-refractivity contribution in [3.63, 3.8) is 0 Å². The summed E-state index contributed by atoms with van der Waals surface area (Å²) in [5, 5.41) is 0. The number of hydrogen-bond acceptors (Lipinski definition) is 4. The lowest BCUT2D eigenvalue weighted by Crippen LogP contribution is -2.50. The summed E-state index contributed by atoms with van der Waals surface area (Å²) in [4.78, 5) is 46.9. The number of carbonyl (C=O) groups excluding carboxylic acids is 3. The molecule has 148 valence electrons. The molecular weight excluding hydrogens is 370 g/mol. The predicted molar refractivity (Wildman–Crippen MR) is 108 cm³/mol. The molecule has 1 aromatic heterocycles. The van der Waals surface area contributed by atoms with Crippen molar-refractivity contribution in [2.75, 3.05) is 26.2 Å². The van der Waals surface area contributed by atoms with E-state index in [1.165, 1.54) is 0 Å². The normalized spacial score (nSPS) is 14.2. The highest BCUT2D eigenvalue weighted by Crippen LogP contribution is 2.23. The van der Waals surface area contributed by atoms with Gasteiger partial charge in [-0.3, -0.25) is 14.4 Å². The van der Waals surface area contributed by atoms with E-state index in [4.69, 9.17) is 5.73 Å². The van der Waals surface area contributed by atoms with Crippen molar-refractivity contribution in [1.82, 2.24) is 19.8 Å². The van der Waals surface area contributed by atoms with Crippen molar-refractivity contribution in [2.45, 2.75) is 6.92 Å². The first kappa shape index (κ1) is 18.7. The maximum absolute atomic E-state index is 12.7. The molecule has 1 aliphatic rings. The van der Waals surface area contributed by atoms with Gasteiger partial charge in [0.25, 0.3) is 11.8 Å². The molecule has 0 aliphatic carbocycles. The number of H-pyrrole nitrogens is 1. The monoisotopic (exact) mass is 391 g/mol.